The summed E-state index contributed by atoms with van der Waals surface area (Å²) >= 11 is 5.71. The number of unbranched alkanes of at least 4 members (excludes halogenated alkanes) is 7. The van der Waals surface area contributed by atoms with Crippen molar-refractivity contribution in [1.82, 2.24) is 9.97 Å². The Bertz CT molecular complexity index is 300. The molecule has 18 heavy (non-hydrogen) atoms. The summed E-state index contributed by atoms with van der Waals surface area (Å²) in [5, 5.41) is 3.78. The molecule has 102 valence electrons. The van der Waals surface area contributed by atoms with Crippen LogP contribution in [0.25, 0.3) is 0 Å². The topological polar surface area (TPSA) is 37.8 Å². The Kier molecular flexibility index (Phi) is 8.57. The van der Waals surface area contributed by atoms with Gasteiger partial charge in [0.1, 0.15) is 0 Å². The molecule has 0 atom stereocenters. The Balaban J connectivity index is 1.91. The molecule has 0 aromatic carbocycles. The first-order chi connectivity index (χ1) is 8.83. The second-order valence-electron chi connectivity index (χ2n) is 4.63. The Hall–Kier alpha value is -0.830. The smallest absolute Gasteiger partial charge is 0.222 e. The fourth-order valence-corrected chi connectivity index (χ4v) is 1.96. The lowest BCUT2D eigenvalue weighted by Crippen LogP contribution is -2.04. The molecule has 0 saturated heterocycles. The largest absolute Gasteiger partial charge is 0.354 e. The maximum atomic E-state index is 5.71. The van der Waals surface area contributed by atoms with Crippen LogP contribution in [0, 0.1) is 0 Å². The number of nitrogens with one attached hydrogen (secondary N) is 1. The third-order valence-corrected chi connectivity index (χ3v) is 3.13. The van der Waals surface area contributed by atoms with Crippen molar-refractivity contribution in [2.24, 2.45) is 0 Å². The highest BCUT2D eigenvalue weighted by Gasteiger charge is 1.95. The zero-order valence-corrected chi connectivity index (χ0v) is 12.0. The van der Waals surface area contributed by atoms with Gasteiger partial charge in [-0.2, -0.15) is 0 Å². The SMILES string of the molecule is CCCCCCCCCCNc1ncc(Cl)cn1. The number of nitrogens with zero attached hydrogens (tertiary/aromatic N) is 2. The Labute approximate surface area is 115 Å². The van der Waals surface area contributed by atoms with Crippen LogP contribution >= 0.6 is 11.6 Å². The molecule has 0 saturated carbocycles. The zero-order valence-electron chi connectivity index (χ0n) is 11.3. The summed E-state index contributed by atoms with van der Waals surface area (Å²) in [5.41, 5.74) is 0. The molecule has 1 rings (SSSR count). The van der Waals surface area contributed by atoms with Gasteiger partial charge >= 0.3 is 0 Å². The molecule has 0 bridgehead atoms. The van der Waals surface area contributed by atoms with Crippen molar-refractivity contribution in [2.75, 3.05) is 11.9 Å². The van der Waals surface area contributed by atoms with Gasteiger partial charge < -0.3 is 5.32 Å². The highest BCUT2D eigenvalue weighted by atomic mass is 35.5. The van der Waals surface area contributed by atoms with Gasteiger partial charge in [-0.3, -0.25) is 0 Å². The normalized spacial score (nSPS) is 10.6. The number of rotatable bonds is 10. The molecule has 0 aliphatic carbocycles. The Morgan fingerprint density at radius 1 is 0.944 bits per heavy atom. The summed E-state index contributed by atoms with van der Waals surface area (Å²) in [7, 11) is 0. The van der Waals surface area contributed by atoms with Crippen molar-refractivity contribution in [2.45, 2.75) is 58.3 Å². The average molecular weight is 270 g/mol. The maximum Gasteiger partial charge on any atom is 0.222 e. The lowest BCUT2D eigenvalue weighted by atomic mass is 10.1. The lowest BCUT2D eigenvalue weighted by Gasteiger charge is -2.04. The third-order valence-electron chi connectivity index (χ3n) is 2.93. The first-order valence-electron chi connectivity index (χ1n) is 7.04. The fourth-order valence-electron chi connectivity index (χ4n) is 1.86. The number of hydrogen-bond acceptors (Lipinski definition) is 3. The first-order valence-corrected chi connectivity index (χ1v) is 7.42. The second kappa shape index (κ2) is 10.1. The molecule has 0 spiro atoms. The highest BCUT2D eigenvalue weighted by Crippen LogP contribution is 2.09. The van der Waals surface area contributed by atoms with Crippen LogP contribution in [0.15, 0.2) is 12.4 Å². The van der Waals surface area contributed by atoms with Gasteiger partial charge in [-0.1, -0.05) is 63.5 Å². The van der Waals surface area contributed by atoms with E-state index in [-0.39, 0.29) is 0 Å². The predicted octanol–water partition coefficient (Wildman–Crippen LogP) is 4.68. The molecule has 1 heterocycles. The summed E-state index contributed by atoms with van der Waals surface area (Å²) in [4.78, 5) is 8.18. The van der Waals surface area contributed by atoms with Crippen LogP contribution in [0.4, 0.5) is 5.95 Å². The van der Waals surface area contributed by atoms with E-state index in [0.717, 1.165) is 6.54 Å². The van der Waals surface area contributed by atoms with Gasteiger partial charge in [0.2, 0.25) is 5.95 Å². The van der Waals surface area contributed by atoms with E-state index >= 15 is 0 Å². The molecule has 0 amide bonds. The van der Waals surface area contributed by atoms with E-state index in [1.165, 1.54) is 51.4 Å². The molecule has 0 aliphatic rings. The minimum atomic E-state index is 0.577. The minimum Gasteiger partial charge on any atom is -0.354 e. The molecule has 0 aliphatic heterocycles. The van der Waals surface area contributed by atoms with Crippen molar-refractivity contribution in [3.05, 3.63) is 17.4 Å². The van der Waals surface area contributed by atoms with Crippen LogP contribution in [0.1, 0.15) is 58.3 Å². The molecule has 1 N–H and O–H groups in total. The summed E-state index contributed by atoms with van der Waals surface area (Å²) in [6.45, 7) is 3.20. The maximum absolute atomic E-state index is 5.71. The first kappa shape index (κ1) is 15.2. The summed E-state index contributed by atoms with van der Waals surface area (Å²) in [6.07, 6.45) is 13.9. The van der Waals surface area contributed by atoms with Crippen LogP contribution in [0.5, 0.6) is 0 Å². The summed E-state index contributed by atoms with van der Waals surface area (Å²) < 4.78 is 0. The monoisotopic (exact) mass is 269 g/mol. The van der Waals surface area contributed by atoms with Gasteiger partial charge in [-0.25, -0.2) is 9.97 Å². The van der Waals surface area contributed by atoms with E-state index < -0.39 is 0 Å². The second-order valence-corrected chi connectivity index (χ2v) is 5.06. The van der Waals surface area contributed by atoms with E-state index in [4.69, 9.17) is 11.6 Å². The van der Waals surface area contributed by atoms with E-state index in [1.54, 1.807) is 12.4 Å². The minimum absolute atomic E-state index is 0.577. The van der Waals surface area contributed by atoms with E-state index in [1.807, 2.05) is 0 Å². The van der Waals surface area contributed by atoms with E-state index in [9.17, 15) is 0 Å². The van der Waals surface area contributed by atoms with Crippen LogP contribution in [-0.4, -0.2) is 16.5 Å². The molecule has 4 heteroatoms. The number of hydrogen-bond donors (Lipinski definition) is 1. The summed E-state index contributed by atoms with van der Waals surface area (Å²) in [5.74, 6) is 0.669. The average Bonchev–Trinajstić information content (AvgIpc) is 2.39. The summed E-state index contributed by atoms with van der Waals surface area (Å²) in [6, 6.07) is 0. The number of anilines is 1. The van der Waals surface area contributed by atoms with E-state index in [0.29, 0.717) is 11.0 Å². The van der Waals surface area contributed by atoms with Gasteiger partial charge in [0.05, 0.1) is 17.4 Å². The van der Waals surface area contributed by atoms with Crippen LogP contribution < -0.4 is 5.32 Å². The quantitative estimate of drug-likeness (QED) is 0.627. The van der Waals surface area contributed by atoms with Gasteiger partial charge in [-0.15, -0.1) is 0 Å². The van der Waals surface area contributed by atoms with Gasteiger partial charge in [-0.05, 0) is 6.42 Å². The van der Waals surface area contributed by atoms with Crippen molar-refractivity contribution in [1.29, 1.82) is 0 Å². The number of halogens is 1. The molecule has 0 unspecified atom stereocenters. The van der Waals surface area contributed by atoms with Gasteiger partial charge in [0, 0.05) is 6.54 Å². The Morgan fingerprint density at radius 3 is 2.11 bits per heavy atom. The molecular weight excluding hydrogens is 246 g/mol. The fraction of sp³-hybridized carbons (Fsp3) is 0.714. The molecule has 3 nitrogen and oxygen atoms in total. The molecule has 0 radical (unpaired) electrons. The molecule has 1 aromatic rings. The predicted molar refractivity (Wildman–Crippen MR) is 78.1 cm³/mol. The van der Waals surface area contributed by atoms with Gasteiger partial charge in [0.25, 0.3) is 0 Å². The van der Waals surface area contributed by atoms with Crippen LogP contribution in [0.2, 0.25) is 5.02 Å². The zero-order chi connectivity index (χ0) is 13.1. The molecular formula is C14H24ClN3. The van der Waals surface area contributed by atoms with Crippen LogP contribution in [0.3, 0.4) is 0 Å². The number of aromatic nitrogens is 2. The van der Waals surface area contributed by atoms with Crippen LogP contribution in [-0.2, 0) is 0 Å². The third kappa shape index (κ3) is 7.49. The molecule has 0 fully saturated rings. The molecule has 1 aromatic heterocycles. The van der Waals surface area contributed by atoms with E-state index in [2.05, 4.69) is 22.2 Å². The van der Waals surface area contributed by atoms with Gasteiger partial charge in [0.15, 0.2) is 0 Å². The standard InChI is InChI=1S/C14H24ClN3/c1-2-3-4-5-6-7-8-9-10-16-14-17-11-13(15)12-18-14/h11-12H,2-10H2,1H3,(H,16,17,18). The van der Waals surface area contributed by atoms with Crippen molar-refractivity contribution >= 4 is 17.5 Å². The van der Waals surface area contributed by atoms with Crippen molar-refractivity contribution in [3.63, 3.8) is 0 Å². The Morgan fingerprint density at radius 2 is 1.50 bits per heavy atom. The van der Waals surface area contributed by atoms with Crippen molar-refractivity contribution < 1.29 is 0 Å². The van der Waals surface area contributed by atoms with Crippen molar-refractivity contribution in [3.8, 4) is 0 Å². The lowest BCUT2D eigenvalue weighted by molar-refractivity contribution is 0.581. The highest BCUT2D eigenvalue weighted by molar-refractivity contribution is 6.30.